The molecular weight excluding hydrogens is 430 g/mol. The fourth-order valence-electron chi connectivity index (χ4n) is 4.26. The quantitative estimate of drug-likeness (QED) is 0.610. The SMILES string of the molecule is C[C@H]1C[C@H](C)CN(S(=O)(=O)c2ccc(C(=O)Nc3c(C(N)=O)oc4ccccc34)cc2)C1. The van der Waals surface area contributed by atoms with Gasteiger partial charge in [-0.05, 0) is 54.7 Å². The summed E-state index contributed by atoms with van der Waals surface area (Å²) in [6.45, 7) is 5.06. The van der Waals surface area contributed by atoms with Crippen LogP contribution in [0.25, 0.3) is 11.0 Å². The molecule has 4 rings (SSSR count). The molecule has 1 aliphatic heterocycles. The average molecular weight is 456 g/mol. The van der Waals surface area contributed by atoms with Crippen molar-refractivity contribution in [3.8, 4) is 0 Å². The summed E-state index contributed by atoms with van der Waals surface area (Å²) in [5, 5.41) is 3.21. The third-order valence-corrected chi connectivity index (χ3v) is 7.49. The number of sulfonamides is 1. The molecule has 1 fully saturated rings. The lowest BCUT2D eigenvalue weighted by Crippen LogP contribution is -2.42. The molecule has 3 aromatic rings. The first-order chi connectivity index (χ1) is 15.2. The van der Waals surface area contributed by atoms with Gasteiger partial charge in [0.25, 0.3) is 11.8 Å². The molecule has 0 spiro atoms. The summed E-state index contributed by atoms with van der Waals surface area (Å²) in [5.41, 5.74) is 6.24. The Balaban J connectivity index is 1.58. The second kappa shape index (κ2) is 8.40. The Morgan fingerprint density at radius 2 is 1.66 bits per heavy atom. The summed E-state index contributed by atoms with van der Waals surface area (Å²) in [4.78, 5) is 24.7. The molecule has 32 heavy (non-hydrogen) atoms. The number of hydrogen-bond acceptors (Lipinski definition) is 5. The van der Waals surface area contributed by atoms with Crippen molar-refractivity contribution in [2.45, 2.75) is 25.2 Å². The summed E-state index contributed by atoms with van der Waals surface area (Å²) in [6, 6.07) is 12.6. The van der Waals surface area contributed by atoms with Gasteiger partial charge in [0.2, 0.25) is 15.8 Å². The lowest BCUT2D eigenvalue weighted by atomic mass is 9.94. The second-order valence-electron chi connectivity index (χ2n) is 8.41. The number of rotatable bonds is 5. The number of nitrogens with two attached hydrogens (primary N) is 1. The number of nitrogens with zero attached hydrogens (tertiary/aromatic N) is 1. The van der Waals surface area contributed by atoms with Crippen molar-refractivity contribution < 1.29 is 22.4 Å². The van der Waals surface area contributed by atoms with Crippen LogP contribution in [-0.2, 0) is 10.0 Å². The highest BCUT2D eigenvalue weighted by Crippen LogP contribution is 2.31. The van der Waals surface area contributed by atoms with E-state index in [2.05, 4.69) is 5.32 Å². The third-order valence-electron chi connectivity index (χ3n) is 5.65. The first-order valence-corrected chi connectivity index (χ1v) is 11.8. The maximum Gasteiger partial charge on any atom is 0.286 e. The van der Waals surface area contributed by atoms with Crippen molar-refractivity contribution in [2.75, 3.05) is 18.4 Å². The molecule has 168 valence electrons. The van der Waals surface area contributed by atoms with E-state index in [4.69, 9.17) is 10.2 Å². The fourth-order valence-corrected chi connectivity index (χ4v) is 5.94. The Morgan fingerprint density at radius 1 is 1.03 bits per heavy atom. The van der Waals surface area contributed by atoms with Gasteiger partial charge < -0.3 is 15.5 Å². The number of carbonyl (C=O) groups is 2. The van der Waals surface area contributed by atoms with Gasteiger partial charge in [-0.1, -0.05) is 26.0 Å². The van der Waals surface area contributed by atoms with Crippen molar-refractivity contribution >= 4 is 38.5 Å². The van der Waals surface area contributed by atoms with Crippen LogP contribution in [0.1, 0.15) is 41.2 Å². The Bertz CT molecular complexity index is 1270. The number of nitrogens with one attached hydrogen (secondary N) is 1. The van der Waals surface area contributed by atoms with Gasteiger partial charge in [-0.3, -0.25) is 9.59 Å². The predicted molar refractivity (Wildman–Crippen MR) is 121 cm³/mol. The van der Waals surface area contributed by atoms with E-state index in [1.807, 2.05) is 13.8 Å². The van der Waals surface area contributed by atoms with Crippen molar-refractivity contribution in [3.63, 3.8) is 0 Å². The summed E-state index contributed by atoms with van der Waals surface area (Å²) >= 11 is 0. The molecule has 2 aromatic carbocycles. The first-order valence-electron chi connectivity index (χ1n) is 10.4. The zero-order valence-electron chi connectivity index (χ0n) is 17.9. The highest BCUT2D eigenvalue weighted by molar-refractivity contribution is 7.89. The standard InChI is InChI=1S/C23H25N3O5S/c1-14-11-15(2)13-26(12-14)32(29,30)17-9-7-16(8-10-17)23(28)25-20-18-5-3-4-6-19(18)31-21(20)22(24)27/h3-10,14-15H,11-13H2,1-2H3,(H2,24,27)(H,25,28)/t14-,15-/m0/s1. The minimum Gasteiger partial charge on any atom is -0.449 e. The topological polar surface area (TPSA) is 123 Å². The van der Waals surface area contributed by atoms with Gasteiger partial charge in [0, 0.05) is 24.0 Å². The molecule has 2 heterocycles. The molecule has 3 N–H and O–H groups in total. The Morgan fingerprint density at radius 3 is 2.28 bits per heavy atom. The minimum absolute atomic E-state index is 0.141. The number of anilines is 1. The van der Waals surface area contributed by atoms with Gasteiger partial charge in [0.05, 0.1) is 4.90 Å². The number of piperidine rings is 1. The number of carbonyl (C=O) groups excluding carboxylic acids is 2. The lowest BCUT2D eigenvalue weighted by molar-refractivity contribution is 0.0977. The van der Waals surface area contributed by atoms with E-state index in [1.54, 1.807) is 24.3 Å². The zero-order chi connectivity index (χ0) is 23.0. The molecule has 0 bridgehead atoms. The molecule has 1 aliphatic rings. The van der Waals surface area contributed by atoms with E-state index in [0.29, 0.717) is 35.9 Å². The van der Waals surface area contributed by atoms with Crippen LogP contribution in [0, 0.1) is 11.8 Å². The van der Waals surface area contributed by atoms with Gasteiger partial charge in [0.1, 0.15) is 11.3 Å². The van der Waals surface area contributed by atoms with Crippen LogP contribution in [0.5, 0.6) is 0 Å². The molecule has 1 aromatic heterocycles. The predicted octanol–water partition coefficient (Wildman–Crippen LogP) is 3.45. The monoisotopic (exact) mass is 455 g/mol. The number of fused-ring (bicyclic) bond motifs is 1. The number of primary amides is 1. The summed E-state index contributed by atoms with van der Waals surface area (Å²) in [6.07, 6.45) is 1.00. The van der Waals surface area contributed by atoms with Gasteiger partial charge in [-0.2, -0.15) is 4.31 Å². The van der Waals surface area contributed by atoms with E-state index in [1.165, 1.54) is 28.6 Å². The molecule has 2 amide bonds. The Kier molecular flexibility index (Phi) is 5.79. The molecule has 1 saturated heterocycles. The highest BCUT2D eigenvalue weighted by Gasteiger charge is 2.31. The second-order valence-corrected chi connectivity index (χ2v) is 10.4. The largest absolute Gasteiger partial charge is 0.449 e. The summed E-state index contributed by atoms with van der Waals surface area (Å²) in [5.74, 6) is -0.871. The van der Waals surface area contributed by atoms with Crippen LogP contribution in [0.2, 0.25) is 0 Å². The summed E-state index contributed by atoms with van der Waals surface area (Å²) in [7, 11) is -3.64. The van der Waals surface area contributed by atoms with E-state index in [0.717, 1.165) is 6.42 Å². The van der Waals surface area contributed by atoms with Crippen molar-refractivity contribution in [2.24, 2.45) is 17.6 Å². The Labute approximate surface area is 186 Å². The van der Waals surface area contributed by atoms with E-state index >= 15 is 0 Å². The molecule has 8 nitrogen and oxygen atoms in total. The lowest BCUT2D eigenvalue weighted by Gasteiger charge is -2.34. The van der Waals surface area contributed by atoms with Gasteiger partial charge in [0.15, 0.2) is 0 Å². The normalized spacial score (nSPS) is 19.7. The van der Waals surface area contributed by atoms with Crippen LogP contribution in [0.3, 0.4) is 0 Å². The number of amides is 2. The fraction of sp³-hybridized carbons (Fsp3) is 0.304. The van der Waals surface area contributed by atoms with Crippen LogP contribution < -0.4 is 11.1 Å². The van der Waals surface area contributed by atoms with Crippen molar-refractivity contribution in [3.05, 3.63) is 59.9 Å². The maximum absolute atomic E-state index is 13.0. The average Bonchev–Trinajstić information content (AvgIpc) is 3.12. The molecule has 0 saturated carbocycles. The van der Waals surface area contributed by atoms with Crippen LogP contribution in [-0.4, -0.2) is 37.6 Å². The number of para-hydroxylation sites is 1. The molecule has 9 heteroatoms. The van der Waals surface area contributed by atoms with Gasteiger partial charge in [-0.25, -0.2) is 8.42 Å². The van der Waals surface area contributed by atoms with E-state index in [9.17, 15) is 18.0 Å². The minimum atomic E-state index is -3.64. The molecular formula is C23H25N3O5S. The number of furan rings is 1. The molecule has 0 radical (unpaired) electrons. The van der Waals surface area contributed by atoms with Crippen molar-refractivity contribution in [1.29, 1.82) is 0 Å². The van der Waals surface area contributed by atoms with Crippen LogP contribution in [0.15, 0.2) is 57.8 Å². The van der Waals surface area contributed by atoms with Gasteiger partial charge in [-0.15, -0.1) is 0 Å². The summed E-state index contributed by atoms with van der Waals surface area (Å²) < 4.78 is 33.1. The molecule has 2 atom stereocenters. The number of benzene rings is 2. The van der Waals surface area contributed by atoms with Crippen molar-refractivity contribution in [1.82, 2.24) is 4.31 Å². The van der Waals surface area contributed by atoms with Gasteiger partial charge >= 0.3 is 0 Å². The highest BCUT2D eigenvalue weighted by atomic mass is 32.2. The van der Waals surface area contributed by atoms with Crippen LogP contribution >= 0.6 is 0 Å². The van der Waals surface area contributed by atoms with E-state index < -0.39 is 21.8 Å². The smallest absolute Gasteiger partial charge is 0.286 e. The first kappa shape index (κ1) is 22.0. The third kappa shape index (κ3) is 4.13. The van der Waals surface area contributed by atoms with Crippen LogP contribution in [0.4, 0.5) is 5.69 Å². The molecule has 0 unspecified atom stereocenters. The maximum atomic E-state index is 13.0. The van der Waals surface area contributed by atoms with E-state index in [-0.39, 0.29) is 21.9 Å². The Hall–Kier alpha value is -3.17. The molecule has 0 aliphatic carbocycles. The number of hydrogen-bond donors (Lipinski definition) is 2. The zero-order valence-corrected chi connectivity index (χ0v) is 18.7.